The fourth-order valence-corrected chi connectivity index (χ4v) is 2.67. The van der Waals surface area contributed by atoms with E-state index >= 15 is 0 Å². The molecule has 2 aromatic rings. The summed E-state index contributed by atoms with van der Waals surface area (Å²) in [6.45, 7) is 2.59. The molecule has 2 aromatic heterocycles. The van der Waals surface area contributed by atoms with Crippen LogP contribution in [-0.4, -0.2) is 29.9 Å². The Morgan fingerprint density at radius 3 is 3.00 bits per heavy atom. The minimum absolute atomic E-state index is 0.0529. The lowest BCUT2D eigenvalue weighted by Crippen LogP contribution is -2.06. The Balaban J connectivity index is 1.81. The van der Waals surface area contributed by atoms with Gasteiger partial charge in [0.25, 0.3) is 0 Å². The van der Waals surface area contributed by atoms with Crippen molar-refractivity contribution in [2.24, 2.45) is 0 Å². The number of aryl methyl sites for hydroxylation is 1. The van der Waals surface area contributed by atoms with Crippen molar-refractivity contribution in [2.75, 3.05) is 0 Å². The first-order chi connectivity index (χ1) is 9.63. The molecule has 0 aromatic carbocycles. The zero-order valence-corrected chi connectivity index (χ0v) is 12.4. The van der Waals surface area contributed by atoms with Crippen LogP contribution in [0.15, 0.2) is 35.8 Å². The summed E-state index contributed by atoms with van der Waals surface area (Å²) < 4.78 is 3.69. The molecule has 1 aliphatic carbocycles. The molecule has 0 fully saturated rings. The van der Waals surface area contributed by atoms with Crippen LogP contribution in [0.5, 0.6) is 0 Å². The number of aromatic nitrogens is 5. The standard InChI is InChI=1S/C13H13Cl2N5/c1-9-16-4-5-19(9)7-11-8-20(18-17-11)13-3-2-10(14)6-12(13)15/h3-6,8,10H,2,7H2,1H3. The van der Waals surface area contributed by atoms with E-state index in [1.165, 1.54) is 0 Å². The van der Waals surface area contributed by atoms with E-state index in [9.17, 15) is 0 Å². The van der Waals surface area contributed by atoms with E-state index in [1.54, 1.807) is 10.9 Å². The fraction of sp³-hybridized carbons (Fsp3) is 0.308. The van der Waals surface area contributed by atoms with Crippen molar-refractivity contribution in [3.05, 3.63) is 47.3 Å². The van der Waals surface area contributed by atoms with Crippen LogP contribution < -0.4 is 0 Å². The van der Waals surface area contributed by atoms with Crippen molar-refractivity contribution in [2.45, 2.75) is 25.3 Å². The quantitative estimate of drug-likeness (QED) is 0.819. The molecule has 0 bridgehead atoms. The van der Waals surface area contributed by atoms with E-state index in [1.807, 2.05) is 36.0 Å². The number of alkyl halides is 1. The number of allylic oxidation sites excluding steroid dienone is 4. The summed E-state index contributed by atoms with van der Waals surface area (Å²) in [7, 11) is 0. The van der Waals surface area contributed by atoms with Crippen molar-refractivity contribution < 1.29 is 0 Å². The van der Waals surface area contributed by atoms with Crippen LogP contribution in [0.4, 0.5) is 0 Å². The molecule has 2 heterocycles. The van der Waals surface area contributed by atoms with Gasteiger partial charge >= 0.3 is 0 Å². The predicted octanol–water partition coefficient (Wildman–Crippen LogP) is 2.81. The Hall–Kier alpha value is -1.59. The monoisotopic (exact) mass is 309 g/mol. The van der Waals surface area contributed by atoms with E-state index in [0.29, 0.717) is 11.6 Å². The first-order valence-corrected chi connectivity index (χ1v) is 7.06. The smallest absolute Gasteiger partial charge is 0.105 e. The lowest BCUT2D eigenvalue weighted by molar-refractivity contribution is 0.733. The first-order valence-electron chi connectivity index (χ1n) is 6.25. The molecule has 7 heteroatoms. The van der Waals surface area contributed by atoms with Crippen LogP contribution in [0.25, 0.3) is 5.70 Å². The maximum Gasteiger partial charge on any atom is 0.105 e. The zero-order chi connectivity index (χ0) is 14.1. The average Bonchev–Trinajstić information content (AvgIpc) is 3.00. The van der Waals surface area contributed by atoms with Gasteiger partial charge in [-0.2, -0.15) is 0 Å². The Bertz CT molecular complexity index is 683. The molecule has 1 aliphatic rings. The highest BCUT2D eigenvalue weighted by atomic mass is 35.5. The first kappa shape index (κ1) is 13.4. The maximum absolute atomic E-state index is 6.19. The van der Waals surface area contributed by atoms with Crippen molar-refractivity contribution in [1.82, 2.24) is 24.5 Å². The van der Waals surface area contributed by atoms with Gasteiger partial charge in [0.15, 0.2) is 0 Å². The molecule has 1 unspecified atom stereocenters. The Labute approximate surface area is 126 Å². The third kappa shape index (κ3) is 2.64. The summed E-state index contributed by atoms with van der Waals surface area (Å²) in [5.41, 5.74) is 1.68. The zero-order valence-electron chi connectivity index (χ0n) is 10.9. The molecular weight excluding hydrogens is 297 g/mol. The van der Waals surface area contributed by atoms with Crippen molar-refractivity contribution in [3.8, 4) is 0 Å². The summed E-state index contributed by atoms with van der Waals surface area (Å²) in [5.74, 6) is 0.944. The van der Waals surface area contributed by atoms with Gasteiger partial charge in [0.1, 0.15) is 11.5 Å². The topological polar surface area (TPSA) is 48.5 Å². The summed E-state index contributed by atoms with van der Waals surface area (Å²) in [5, 5.41) is 8.84. The van der Waals surface area contributed by atoms with Crippen LogP contribution in [-0.2, 0) is 6.54 Å². The highest BCUT2D eigenvalue weighted by Crippen LogP contribution is 2.27. The van der Waals surface area contributed by atoms with Gasteiger partial charge in [0, 0.05) is 12.4 Å². The van der Waals surface area contributed by atoms with E-state index < -0.39 is 0 Å². The van der Waals surface area contributed by atoms with Crippen molar-refractivity contribution in [3.63, 3.8) is 0 Å². The van der Waals surface area contributed by atoms with Gasteiger partial charge in [0.05, 0.1) is 28.8 Å². The van der Waals surface area contributed by atoms with Crippen molar-refractivity contribution in [1.29, 1.82) is 0 Å². The second kappa shape index (κ2) is 5.42. The summed E-state index contributed by atoms with van der Waals surface area (Å²) in [6, 6.07) is 0. The summed E-state index contributed by atoms with van der Waals surface area (Å²) in [4.78, 5) is 4.18. The number of hydrogen-bond acceptors (Lipinski definition) is 3. The molecular formula is C13H13Cl2N5. The molecule has 0 N–H and O–H groups in total. The Kier molecular flexibility index (Phi) is 3.63. The maximum atomic E-state index is 6.19. The molecule has 104 valence electrons. The molecule has 0 saturated carbocycles. The number of rotatable bonds is 3. The number of nitrogens with zero attached hydrogens (tertiary/aromatic N) is 5. The molecule has 1 atom stereocenters. The van der Waals surface area contributed by atoms with Gasteiger partial charge in [-0.3, -0.25) is 0 Å². The second-order valence-corrected chi connectivity index (χ2v) is 5.58. The van der Waals surface area contributed by atoms with Gasteiger partial charge in [0.2, 0.25) is 0 Å². The lowest BCUT2D eigenvalue weighted by atomic mass is 10.1. The van der Waals surface area contributed by atoms with E-state index in [2.05, 4.69) is 15.3 Å². The van der Waals surface area contributed by atoms with Crippen molar-refractivity contribution >= 4 is 28.9 Å². The Morgan fingerprint density at radius 2 is 2.30 bits per heavy atom. The number of hydrogen-bond donors (Lipinski definition) is 0. The molecule has 0 saturated heterocycles. The molecule has 0 spiro atoms. The lowest BCUT2D eigenvalue weighted by Gasteiger charge is -2.13. The van der Waals surface area contributed by atoms with Crippen LogP contribution in [0.1, 0.15) is 17.9 Å². The largest absolute Gasteiger partial charge is 0.329 e. The van der Waals surface area contributed by atoms with E-state index in [-0.39, 0.29) is 5.38 Å². The SMILES string of the molecule is Cc1nccn1Cc1cn(C2=CCC(Cl)C=C2Cl)nn1. The van der Waals surface area contributed by atoms with Crippen LogP contribution in [0.2, 0.25) is 0 Å². The third-order valence-electron chi connectivity index (χ3n) is 3.15. The highest BCUT2D eigenvalue weighted by molar-refractivity contribution is 6.36. The molecule has 20 heavy (non-hydrogen) atoms. The Morgan fingerprint density at radius 1 is 1.45 bits per heavy atom. The molecule has 0 radical (unpaired) electrons. The van der Waals surface area contributed by atoms with Gasteiger partial charge in [-0.25, -0.2) is 9.67 Å². The number of halogens is 2. The predicted molar refractivity (Wildman–Crippen MR) is 78.6 cm³/mol. The second-order valence-electron chi connectivity index (χ2n) is 4.61. The normalized spacial score (nSPS) is 18.9. The average molecular weight is 310 g/mol. The highest BCUT2D eigenvalue weighted by Gasteiger charge is 2.15. The van der Waals surface area contributed by atoms with Gasteiger partial charge in [-0.15, -0.1) is 16.7 Å². The van der Waals surface area contributed by atoms with Gasteiger partial charge in [-0.05, 0) is 19.4 Å². The summed E-state index contributed by atoms with van der Waals surface area (Å²) >= 11 is 12.2. The van der Waals surface area contributed by atoms with Gasteiger partial charge in [-0.1, -0.05) is 22.9 Å². The number of imidazole rings is 1. The molecule has 5 nitrogen and oxygen atoms in total. The van der Waals surface area contributed by atoms with E-state index in [0.717, 1.165) is 23.6 Å². The minimum atomic E-state index is -0.0529. The van der Waals surface area contributed by atoms with Gasteiger partial charge < -0.3 is 4.57 Å². The van der Waals surface area contributed by atoms with E-state index in [4.69, 9.17) is 23.2 Å². The third-order valence-corrected chi connectivity index (χ3v) is 3.78. The molecule has 0 aliphatic heterocycles. The fourth-order valence-electron chi connectivity index (χ4n) is 2.07. The minimum Gasteiger partial charge on any atom is -0.329 e. The van der Waals surface area contributed by atoms with Crippen LogP contribution in [0, 0.1) is 6.92 Å². The molecule has 3 rings (SSSR count). The van der Waals surface area contributed by atoms with Crippen LogP contribution in [0.3, 0.4) is 0 Å². The van der Waals surface area contributed by atoms with Crippen LogP contribution >= 0.6 is 23.2 Å². The molecule has 0 amide bonds. The summed E-state index contributed by atoms with van der Waals surface area (Å²) in [6.07, 6.45) is 10.1.